The summed E-state index contributed by atoms with van der Waals surface area (Å²) in [6.07, 6.45) is 1.49. The van der Waals surface area contributed by atoms with E-state index in [-0.39, 0.29) is 24.0 Å². The lowest BCUT2D eigenvalue weighted by Crippen LogP contribution is -2.37. The molecule has 1 aliphatic carbocycles. The van der Waals surface area contributed by atoms with E-state index in [4.69, 9.17) is 4.74 Å². The Hall–Kier alpha value is -2.23. The van der Waals surface area contributed by atoms with Crippen LogP contribution in [0, 0.1) is 0 Å². The van der Waals surface area contributed by atoms with Crippen LogP contribution in [0.4, 0.5) is 5.69 Å². The predicted octanol–water partition coefficient (Wildman–Crippen LogP) is 3.69. The summed E-state index contributed by atoms with van der Waals surface area (Å²) in [7, 11) is -3.79. The van der Waals surface area contributed by atoms with E-state index in [1.807, 2.05) is 0 Å². The van der Waals surface area contributed by atoms with E-state index in [2.05, 4.69) is 21.2 Å². The Bertz CT molecular complexity index is 1050. The van der Waals surface area contributed by atoms with Crippen LogP contribution in [0.5, 0.6) is 0 Å². The van der Waals surface area contributed by atoms with E-state index in [1.165, 1.54) is 12.1 Å². The molecule has 0 unspecified atom stereocenters. The van der Waals surface area contributed by atoms with Crippen LogP contribution in [-0.4, -0.2) is 44.3 Å². The van der Waals surface area contributed by atoms with Gasteiger partial charge in [-0.3, -0.25) is 9.59 Å². The minimum atomic E-state index is -3.79. The Morgan fingerprint density at radius 2 is 1.68 bits per heavy atom. The second kappa shape index (κ2) is 9.50. The van der Waals surface area contributed by atoms with Crippen LogP contribution in [0.25, 0.3) is 0 Å². The Balaban J connectivity index is 1.66. The van der Waals surface area contributed by atoms with Gasteiger partial charge in [-0.1, -0.05) is 35.0 Å². The summed E-state index contributed by atoms with van der Waals surface area (Å²) >= 11 is 3.28. The third kappa shape index (κ3) is 5.16. The van der Waals surface area contributed by atoms with Crippen LogP contribution >= 0.6 is 15.9 Å². The average molecular weight is 509 g/mol. The van der Waals surface area contributed by atoms with Crippen LogP contribution < -0.4 is 5.32 Å². The van der Waals surface area contributed by atoms with Gasteiger partial charge in [0.1, 0.15) is 0 Å². The van der Waals surface area contributed by atoms with Crippen molar-refractivity contribution in [2.75, 3.05) is 25.0 Å². The van der Waals surface area contributed by atoms with Gasteiger partial charge in [0, 0.05) is 16.7 Å². The first-order valence-electron chi connectivity index (χ1n) is 10.1. The largest absolute Gasteiger partial charge is 0.465 e. The second-order valence-corrected chi connectivity index (χ2v) is 10.2. The lowest BCUT2D eigenvalue weighted by Gasteiger charge is -2.20. The summed E-state index contributed by atoms with van der Waals surface area (Å²) in [4.78, 5) is 24.8. The van der Waals surface area contributed by atoms with Gasteiger partial charge in [0.15, 0.2) is 0 Å². The molecular weight excluding hydrogens is 484 g/mol. The molecule has 0 heterocycles. The van der Waals surface area contributed by atoms with E-state index >= 15 is 0 Å². The van der Waals surface area contributed by atoms with Crippen LogP contribution in [0.2, 0.25) is 0 Å². The molecule has 7 nitrogen and oxygen atoms in total. The van der Waals surface area contributed by atoms with Gasteiger partial charge >= 0.3 is 5.97 Å². The molecule has 2 aromatic rings. The van der Waals surface area contributed by atoms with Gasteiger partial charge in [-0.15, -0.1) is 0 Å². The number of anilines is 1. The maximum atomic E-state index is 12.8. The van der Waals surface area contributed by atoms with Crippen molar-refractivity contribution in [3.63, 3.8) is 0 Å². The number of hydrogen-bond acceptors (Lipinski definition) is 5. The van der Waals surface area contributed by atoms with Crippen molar-refractivity contribution >= 4 is 43.5 Å². The van der Waals surface area contributed by atoms with Crippen LogP contribution in [-0.2, 0) is 29.8 Å². The fraction of sp³-hybridized carbons (Fsp3) is 0.364. The summed E-state index contributed by atoms with van der Waals surface area (Å²) in [6, 6.07) is 13.3. The topological polar surface area (TPSA) is 92.8 Å². The van der Waals surface area contributed by atoms with E-state index < -0.39 is 21.3 Å². The van der Waals surface area contributed by atoms with E-state index in [1.54, 1.807) is 50.2 Å². The molecule has 0 aliphatic heterocycles. The van der Waals surface area contributed by atoms with Crippen LogP contribution in [0.1, 0.15) is 32.3 Å². The van der Waals surface area contributed by atoms with Gasteiger partial charge in [0.25, 0.3) is 0 Å². The predicted molar refractivity (Wildman–Crippen MR) is 121 cm³/mol. The number of rotatable bonds is 9. The van der Waals surface area contributed by atoms with Crippen LogP contribution in [0.15, 0.2) is 57.9 Å². The maximum Gasteiger partial charge on any atom is 0.316 e. The smallest absolute Gasteiger partial charge is 0.316 e. The molecule has 0 radical (unpaired) electrons. The van der Waals surface area contributed by atoms with Gasteiger partial charge in [-0.2, -0.15) is 4.31 Å². The van der Waals surface area contributed by atoms with Crippen molar-refractivity contribution in [3.8, 4) is 0 Å². The maximum absolute atomic E-state index is 12.8. The third-order valence-electron chi connectivity index (χ3n) is 5.26. The zero-order chi connectivity index (χ0) is 22.6. The standard InChI is InChI=1S/C22H25BrN2O5S/c1-3-25(31(28,29)19-11-7-17(23)8-12-19)15-20(26)24-18-9-5-16(6-10-18)22(13-14-22)21(27)30-4-2/h5-12H,3-4,13-15H2,1-2H3,(H,24,26). The van der Waals surface area contributed by atoms with E-state index in [9.17, 15) is 18.0 Å². The summed E-state index contributed by atoms with van der Waals surface area (Å²) in [6.45, 7) is 3.66. The first-order valence-corrected chi connectivity index (χ1v) is 12.3. The highest BCUT2D eigenvalue weighted by Crippen LogP contribution is 2.49. The number of nitrogens with one attached hydrogen (secondary N) is 1. The fourth-order valence-electron chi connectivity index (χ4n) is 3.36. The molecule has 2 aromatic carbocycles. The highest BCUT2D eigenvalue weighted by molar-refractivity contribution is 9.10. The number of esters is 1. The minimum absolute atomic E-state index is 0.128. The summed E-state index contributed by atoms with van der Waals surface area (Å²) < 4.78 is 32.7. The van der Waals surface area contributed by atoms with Crippen molar-refractivity contribution in [1.82, 2.24) is 4.31 Å². The summed E-state index contributed by atoms with van der Waals surface area (Å²) in [5, 5.41) is 2.72. The zero-order valence-corrected chi connectivity index (χ0v) is 19.8. The average Bonchev–Trinajstić information content (AvgIpc) is 3.55. The molecular formula is C22H25BrN2O5S. The normalized spacial score (nSPS) is 14.8. The van der Waals surface area contributed by atoms with Gasteiger partial charge in [-0.05, 0) is 61.7 Å². The number of carbonyl (C=O) groups excluding carboxylic acids is 2. The number of likely N-dealkylation sites (N-methyl/N-ethyl adjacent to an activating group) is 1. The van der Waals surface area contributed by atoms with Gasteiger partial charge in [0.05, 0.1) is 23.5 Å². The summed E-state index contributed by atoms with van der Waals surface area (Å²) in [5.41, 5.74) is 0.818. The molecule has 9 heteroatoms. The molecule has 3 rings (SSSR count). The quantitative estimate of drug-likeness (QED) is 0.521. The van der Waals surface area contributed by atoms with E-state index in [0.29, 0.717) is 12.3 Å². The second-order valence-electron chi connectivity index (χ2n) is 7.31. The molecule has 1 aliphatic rings. The SMILES string of the molecule is CCOC(=O)C1(c2ccc(NC(=O)CN(CC)S(=O)(=O)c3ccc(Br)cc3)cc2)CC1. The Labute approximate surface area is 191 Å². The van der Waals surface area contributed by atoms with Gasteiger partial charge in [0.2, 0.25) is 15.9 Å². The monoisotopic (exact) mass is 508 g/mol. The molecule has 1 fully saturated rings. The molecule has 1 amide bonds. The van der Waals surface area contributed by atoms with Gasteiger partial charge < -0.3 is 10.1 Å². The molecule has 0 aromatic heterocycles. The number of ether oxygens (including phenoxy) is 1. The highest BCUT2D eigenvalue weighted by Gasteiger charge is 2.52. The number of carbonyl (C=O) groups is 2. The molecule has 1 N–H and O–H groups in total. The number of benzene rings is 2. The van der Waals surface area contributed by atoms with Crippen molar-refractivity contribution in [1.29, 1.82) is 0 Å². The summed E-state index contributed by atoms with van der Waals surface area (Å²) in [5.74, 6) is -0.662. The Morgan fingerprint density at radius 3 is 2.19 bits per heavy atom. The number of halogens is 1. The number of amides is 1. The lowest BCUT2D eigenvalue weighted by atomic mass is 9.96. The van der Waals surface area contributed by atoms with Crippen molar-refractivity contribution in [2.45, 2.75) is 37.0 Å². The molecule has 0 saturated heterocycles. The molecule has 0 spiro atoms. The van der Waals surface area contributed by atoms with Gasteiger partial charge in [-0.25, -0.2) is 8.42 Å². The number of hydrogen-bond donors (Lipinski definition) is 1. The number of nitrogens with zero attached hydrogens (tertiary/aromatic N) is 1. The van der Waals surface area contributed by atoms with Crippen LogP contribution in [0.3, 0.4) is 0 Å². The van der Waals surface area contributed by atoms with Crippen molar-refractivity contribution < 1.29 is 22.7 Å². The van der Waals surface area contributed by atoms with E-state index in [0.717, 1.165) is 27.2 Å². The molecule has 31 heavy (non-hydrogen) atoms. The number of sulfonamides is 1. The molecule has 0 atom stereocenters. The first kappa shape index (κ1) is 23.4. The fourth-order valence-corrected chi connectivity index (χ4v) is 5.03. The highest BCUT2D eigenvalue weighted by atomic mass is 79.9. The van der Waals surface area contributed by atoms with Crippen molar-refractivity contribution in [3.05, 3.63) is 58.6 Å². The zero-order valence-electron chi connectivity index (χ0n) is 17.4. The lowest BCUT2D eigenvalue weighted by molar-refractivity contribution is -0.146. The molecule has 0 bridgehead atoms. The molecule has 1 saturated carbocycles. The Kier molecular flexibility index (Phi) is 7.18. The Morgan fingerprint density at radius 1 is 1.06 bits per heavy atom. The van der Waals surface area contributed by atoms with Crippen molar-refractivity contribution in [2.24, 2.45) is 0 Å². The third-order valence-corrected chi connectivity index (χ3v) is 7.73. The minimum Gasteiger partial charge on any atom is -0.465 e. The first-order chi connectivity index (χ1) is 14.7. The molecule has 166 valence electrons.